The molecule has 2 amide bonds. The van der Waals surface area contributed by atoms with E-state index >= 15 is 0 Å². The molecule has 0 aliphatic carbocycles. The van der Waals surface area contributed by atoms with E-state index in [1.54, 1.807) is 35.4 Å². The zero-order valence-corrected chi connectivity index (χ0v) is 11.4. The molecule has 0 saturated heterocycles. The number of nitrogens with zero attached hydrogens (tertiary/aromatic N) is 1. The quantitative estimate of drug-likeness (QED) is 0.790. The molecule has 3 nitrogen and oxygen atoms in total. The van der Waals surface area contributed by atoms with Gasteiger partial charge < -0.3 is 10.2 Å². The second kappa shape index (κ2) is 8.16. The van der Waals surface area contributed by atoms with E-state index in [1.165, 1.54) is 0 Å². The topological polar surface area (TPSA) is 32.3 Å². The molecule has 0 aromatic heterocycles. The van der Waals surface area contributed by atoms with Crippen LogP contribution in [0.25, 0.3) is 6.08 Å². The Hall–Kier alpha value is -2.00. The lowest BCUT2D eigenvalue weighted by atomic mass is 10.2. The van der Waals surface area contributed by atoms with E-state index in [4.69, 9.17) is 11.6 Å². The molecule has 1 N–H and O–H groups in total. The number of hydrogen-bond acceptors (Lipinski definition) is 1. The maximum absolute atomic E-state index is 11.8. The summed E-state index contributed by atoms with van der Waals surface area (Å²) in [5.74, 6) is 0. The third kappa shape index (κ3) is 5.44. The fourth-order valence-electron chi connectivity index (χ4n) is 1.46. The number of carbonyl (C=O) groups is 1. The van der Waals surface area contributed by atoms with Crippen LogP contribution < -0.4 is 5.32 Å². The van der Waals surface area contributed by atoms with Crippen LogP contribution in [-0.2, 0) is 0 Å². The Morgan fingerprint density at radius 3 is 2.58 bits per heavy atom. The van der Waals surface area contributed by atoms with E-state index in [0.29, 0.717) is 18.1 Å². The third-order valence-corrected chi connectivity index (χ3v) is 2.55. The molecule has 0 spiro atoms. The molecule has 0 radical (unpaired) electrons. The molecule has 19 heavy (non-hydrogen) atoms. The zero-order valence-electron chi connectivity index (χ0n) is 10.7. The Morgan fingerprint density at radius 2 is 2.00 bits per heavy atom. The predicted molar refractivity (Wildman–Crippen MR) is 81.0 cm³/mol. The monoisotopic (exact) mass is 276 g/mol. The van der Waals surface area contributed by atoms with Gasteiger partial charge in [0.1, 0.15) is 0 Å². The summed E-state index contributed by atoms with van der Waals surface area (Å²) in [6, 6.07) is 7.17. The molecule has 100 valence electrons. The Kier molecular flexibility index (Phi) is 6.47. The molecular weight excluding hydrogens is 260 g/mol. The minimum atomic E-state index is -0.196. The van der Waals surface area contributed by atoms with Crippen molar-refractivity contribution < 1.29 is 4.79 Å². The Bertz CT molecular complexity index is 473. The van der Waals surface area contributed by atoms with Crippen molar-refractivity contribution in [2.45, 2.75) is 0 Å². The van der Waals surface area contributed by atoms with Gasteiger partial charge in [-0.05, 0) is 23.8 Å². The molecule has 0 unspecified atom stereocenters. The van der Waals surface area contributed by atoms with Crippen LogP contribution in [-0.4, -0.2) is 24.0 Å². The molecule has 0 bridgehead atoms. The maximum atomic E-state index is 11.8. The van der Waals surface area contributed by atoms with Gasteiger partial charge in [-0.25, -0.2) is 4.79 Å². The summed E-state index contributed by atoms with van der Waals surface area (Å²) in [4.78, 5) is 13.4. The van der Waals surface area contributed by atoms with Crippen molar-refractivity contribution in [1.29, 1.82) is 0 Å². The molecule has 1 rings (SSSR count). The minimum absolute atomic E-state index is 0.196. The van der Waals surface area contributed by atoms with E-state index in [0.717, 1.165) is 5.56 Å². The molecule has 0 saturated carbocycles. The van der Waals surface area contributed by atoms with Crippen molar-refractivity contribution >= 4 is 23.7 Å². The van der Waals surface area contributed by atoms with Crippen molar-refractivity contribution in [1.82, 2.24) is 10.2 Å². The summed E-state index contributed by atoms with van der Waals surface area (Å²) < 4.78 is 0. The van der Waals surface area contributed by atoms with Gasteiger partial charge in [0.05, 0.1) is 0 Å². The number of halogens is 1. The first-order chi connectivity index (χ1) is 9.17. The van der Waals surface area contributed by atoms with Crippen LogP contribution in [0, 0.1) is 0 Å². The van der Waals surface area contributed by atoms with Crippen molar-refractivity contribution in [2.24, 2.45) is 0 Å². The molecule has 0 aliphatic heterocycles. The summed E-state index contributed by atoms with van der Waals surface area (Å²) >= 11 is 5.87. The highest BCUT2D eigenvalue weighted by Gasteiger charge is 2.07. The zero-order chi connectivity index (χ0) is 14.1. The first-order valence-electron chi connectivity index (χ1n) is 5.86. The van der Waals surface area contributed by atoms with Crippen LogP contribution in [0.3, 0.4) is 0 Å². The number of carbonyl (C=O) groups excluding carboxylic acids is 1. The van der Waals surface area contributed by atoms with Crippen LogP contribution in [0.4, 0.5) is 4.79 Å². The van der Waals surface area contributed by atoms with E-state index in [9.17, 15) is 4.79 Å². The number of amides is 2. The van der Waals surface area contributed by atoms with Gasteiger partial charge in [-0.1, -0.05) is 35.9 Å². The van der Waals surface area contributed by atoms with Gasteiger partial charge in [-0.2, -0.15) is 0 Å². The van der Waals surface area contributed by atoms with E-state index < -0.39 is 0 Å². The number of nitrogens with one attached hydrogen (secondary N) is 1. The molecular formula is C15H17ClN2O. The summed E-state index contributed by atoms with van der Waals surface area (Å²) in [6.45, 7) is 8.18. The average Bonchev–Trinajstić information content (AvgIpc) is 2.38. The largest absolute Gasteiger partial charge is 0.321 e. The highest BCUT2D eigenvalue weighted by molar-refractivity contribution is 6.30. The van der Waals surface area contributed by atoms with Gasteiger partial charge in [0.2, 0.25) is 0 Å². The Morgan fingerprint density at radius 1 is 1.32 bits per heavy atom. The lowest BCUT2D eigenvalue weighted by Crippen LogP contribution is -2.37. The van der Waals surface area contributed by atoms with Crippen LogP contribution >= 0.6 is 11.6 Å². The highest BCUT2D eigenvalue weighted by Crippen LogP contribution is 2.11. The first kappa shape index (κ1) is 15.1. The van der Waals surface area contributed by atoms with Gasteiger partial charge in [0, 0.05) is 24.3 Å². The Labute approximate surface area is 118 Å². The molecule has 4 heteroatoms. The van der Waals surface area contributed by atoms with Crippen LogP contribution in [0.1, 0.15) is 5.56 Å². The van der Waals surface area contributed by atoms with Gasteiger partial charge in [0.15, 0.2) is 0 Å². The molecule has 1 aromatic rings. The van der Waals surface area contributed by atoms with Crippen molar-refractivity contribution in [3.8, 4) is 0 Å². The summed E-state index contributed by atoms with van der Waals surface area (Å²) in [6.07, 6.45) is 6.71. The summed E-state index contributed by atoms with van der Waals surface area (Å²) in [7, 11) is 0. The smallest absolute Gasteiger partial charge is 0.317 e. The minimum Gasteiger partial charge on any atom is -0.317 e. The van der Waals surface area contributed by atoms with Gasteiger partial charge in [-0.15, -0.1) is 13.2 Å². The average molecular weight is 277 g/mol. The highest BCUT2D eigenvalue weighted by atomic mass is 35.5. The lowest BCUT2D eigenvalue weighted by molar-refractivity contribution is 0.212. The Balaban J connectivity index is 2.56. The molecule has 1 aromatic carbocycles. The third-order valence-electron chi connectivity index (χ3n) is 2.32. The van der Waals surface area contributed by atoms with Crippen LogP contribution in [0.5, 0.6) is 0 Å². The van der Waals surface area contributed by atoms with Crippen molar-refractivity contribution in [3.05, 3.63) is 66.4 Å². The molecule has 0 atom stereocenters. The van der Waals surface area contributed by atoms with E-state index in [1.807, 2.05) is 18.2 Å². The fraction of sp³-hybridized carbons (Fsp3) is 0.133. The summed E-state index contributed by atoms with van der Waals surface area (Å²) in [5.41, 5.74) is 0.923. The standard InChI is InChI=1S/C15H17ClN2O/c1-3-10-18(11-4-2)15(19)17-9-8-13-6-5-7-14(16)12-13/h3-9,12H,1-2,10-11H2,(H,17,19)/b9-8+. The second-order valence-electron chi connectivity index (χ2n) is 3.82. The predicted octanol–water partition coefficient (Wildman–Crippen LogP) is 3.69. The summed E-state index contributed by atoms with van der Waals surface area (Å²) in [5, 5.41) is 3.35. The first-order valence-corrected chi connectivity index (χ1v) is 6.24. The normalized spacial score (nSPS) is 10.2. The molecule has 0 aliphatic rings. The number of urea groups is 1. The van der Waals surface area contributed by atoms with Gasteiger partial charge in [-0.3, -0.25) is 0 Å². The van der Waals surface area contributed by atoms with Crippen LogP contribution in [0.2, 0.25) is 5.02 Å². The van der Waals surface area contributed by atoms with Crippen molar-refractivity contribution in [2.75, 3.05) is 13.1 Å². The maximum Gasteiger partial charge on any atom is 0.321 e. The van der Waals surface area contributed by atoms with Gasteiger partial charge >= 0.3 is 6.03 Å². The van der Waals surface area contributed by atoms with Crippen molar-refractivity contribution in [3.63, 3.8) is 0 Å². The van der Waals surface area contributed by atoms with E-state index in [-0.39, 0.29) is 6.03 Å². The number of hydrogen-bond donors (Lipinski definition) is 1. The fourth-order valence-corrected chi connectivity index (χ4v) is 1.66. The number of rotatable bonds is 6. The lowest BCUT2D eigenvalue weighted by Gasteiger charge is -2.18. The van der Waals surface area contributed by atoms with Crippen LogP contribution in [0.15, 0.2) is 55.8 Å². The van der Waals surface area contributed by atoms with Gasteiger partial charge in [0.25, 0.3) is 0 Å². The number of benzene rings is 1. The molecule has 0 heterocycles. The van der Waals surface area contributed by atoms with E-state index in [2.05, 4.69) is 18.5 Å². The molecule has 0 fully saturated rings. The SMILES string of the molecule is C=CCN(CC=C)C(=O)N/C=C/c1cccc(Cl)c1. The second-order valence-corrected chi connectivity index (χ2v) is 4.26.